The number of anilines is 2. The van der Waals surface area contributed by atoms with Crippen LogP contribution in [0.25, 0.3) is 0 Å². The van der Waals surface area contributed by atoms with Gasteiger partial charge < -0.3 is 15.4 Å². The summed E-state index contributed by atoms with van der Waals surface area (Å²) in [6, 6.07) is 10.2. The van der Waals surface area contributed by atoms with Crippen LogP contribution in [0.2, 0.25) is 5.02 Å². The van der Waals surface area contributed by atoms with Gasteiger partial charge in [0.05, 0.1) is 5.02 Å². The summed E-state index contributed by atoms with van der Waals surface area (Å²) in [6.07, 6.45) is 0.347. The number of benzene rings is 2. The SMILES string of the molecule is O=C(CCCC(=O)OCC(=O)Nc1ccc(Br)c(Cl)c1)Nc1ccc(F)cc1. The normalized spacial score (nSPS) is 10.2. The molecule has 0 aromatic heterocycles. The molecule has 0 spiro atoms. The molecule has 0 saturated carbocycles. The van der Waals surface area contributed by atoms with Crippen LogP contribution in [0, 0.1) is 5.82 Å². The molecule has 28 heavy (non-hydrogen) atoms. The van der Waals surface area contributed by atoms with E-state index < -0.39 is 24.3 Å². The summed E-state index contributed by atoms with van der Waals surface area (Å²) in [6.45, 7) is -0.436. The van der Waals surface area contributed by atoms with Crippen LogP contribution in [-0.4, -0.2) is 24.4 Å². The molecule has 2 N–H and O–H groups in total. The Hall–Kier alpha value is -2.45. The maximum absolute atomic E-state index is 12.8. The van der Waals surface area contributed by atoms with Crippen molar-refractivity contribution in [2.45, 2.75) is 19.3 Å². The zero-order chi connectivity index (χ0) is 20.5. The molecule has 9 heteroatoms. The molecule has 6 nitrogen and oxygen atoms in total. The molecule has 0 fully saturated rings. The van der Waals surface area contributed by atoms with Crippen molar-refractivity contribution < 1.29 is 23.5 Å². The molecule has 0 aliphatic heterocycles. The lowest BCUT2D eigenvalue weighted by Gasteiger charge is -2.08. The Morgan fingerprint density at radius 1 is 0.964 bits per heavy atom. The molecule has 0 aliphatic carbocycles. The van der Waals surface area contributed by atoms with E-state index in [1.165, 1.54) is 24.3 Å². The van der Waals surface area contributed by atoms with Gasteiger partial charge in [-0.15, -0.1) is 0 Å². The first kappa shape index (κ1) is 21.8. The number of rotatable bonds is 8. The summed E-state index contributed by atoms with van der Waals surface area (Å²) < 4.78 is 18.4. The lowest BCUT2D eigenvalue weighted by atomic mass is 10.2. The van der Waals surface area contributed by atoms with E-state index >= 15 is 0 Å². The second-order valence-electron chi connectivity index (χ2n) is 5.75. The Bertz CT molecular complexity index is 862. The van der Waals surface area contributed by atoms with Gasteiger partial charge in [-0.05, 0) is 64.8 Å². The van der Waals surface area contributed by atoms with Gasteiger partial charge in [-0.1, -0.05) is 11.6 Å². The zero-order valence-electron chi connectivity index (χ0n) is 14.6. The van der Waals surface area contributed by atoms with Gasteiger partial charge >= 0.3 is 5.97 Å². The predicted octanol–water partition coefficient (Wildman–Crippen LogP) is 4.53. The average Bonchev–Trinajstić information content (AvgIpc) is 2.65. The lowest BCUT2D eigenvalue weighted by molar-refractivity contribution is -0.147. The second-order valence-corrected chi connectivity index (χ2v) is 7.01. The molecule has 0 atom stereocenters. The Morgan fingerprint density at radius 2 is 1.61 bits per heavy atom. The quantitative estimate of drug-likeness (QED) is 0.554. The molecule has 0 unspecified atom stereocenters. The highest BCUT2D eigenvalue weighted by Crippen LogP contribution is 2.25. The summed E-state index contributed by atoms with van der Waals surface area (Å²) >= 11 is 9.18. The molecule has 2 rings (SSSR count). The molecule has 2 aromatic rings. The Labute approximate surface area is 174 Å². The molecule has 148 valence electrons. The minimum Gasteiger partial charge on any atom is -0.456 e. The van der Waals surface area contributed by atoms with Gasteiger partial charge in [0, 0.05) is 28.7 Å². The van der Waals surface area contributed by atoms with Crippen molar-refractivity contribution in [3.63, 3.8) is 0 Å². The van der Waals surface area contributed by atoms with Gasteiger partial charge in [0.25, 0.3) is 5.91 Å². The Balaban J connectivity index is 1.63. The van der Waals surface area contributed by atoms with Crippen molar-refractivity contribution in [1.29, 1.82) is 0 Å². The van der Waals surface area contributed by atoms with E-state index in [4.69, 9.17) is 16.3 Å². The van der Waals surface area contributed by atoms with Crippen LogP contribution < -0.4 is 10.6 Å². The van der Waals surface area contributed by atoms with Gasteiger partial charge in [0.1, 0.15) is 5.82 Å². The fourth-order valence-corrected chi connectivity index (χ4v) is 2.57. The minimum absolute atomic E-state index is 0.00572. The lowest BCUT2D eigenvalue weighted by Crippen LogP contribution is -2.21. The van der Waals surface area contributed by atoms with E-state index in [-0.39, 0.29) is 25.2 Å². The van der Waals surface area contributed by atoms with Crippen molar-refractivity contribution in [2.24, 2.45) is 0 Å². The van der Waals surface area contributed by atoms with Gasteiger partial charge in [0.15, 0.2) is 6.61 Å². The number of carbonyl (C=O) groups excluding carboxylic acids is 3. The summed E-state index contributed by atoms with van der Waals surface area (Å²) in [7, 11) is 0. The van der Waals surface area contributed by atoms with Crippen molar-refractivity contribution in [1.82, 2.24) is 0 Å². The van der Waals surface area contributed by atoms with Crippen LogP contribution in [0.1, 0.15) is 19.3 Å². The average molecular weight is 472 g/mol. The maximum atomic E-state index is 12.8. The molecule has 2 amide bonds. The van der Waals surface area contributed by atoms with Crippen molar-refractivity contribution in [2.75, 3.05) is 17.2 Å². The van der Waals surface area contributed by atoms with Crippen LogP contribution in [0.4, 0.5) is 15.8 Å². The number of hydrogen-bond acceptors (Lipinski definition) is 4. The molecular weight excluding hydrogens is 455 g/mol. The zero-order valence-corrected chi connectivity index (χ0v) is 17.0. The van der Waals surface area contributed by atoms with E-state index in [0.717, 1.165) is 0 Å². The van der Waals surface area contributed by atoms with Crippen LogP contribution in [0.5, 0.6) is 0 Å². The molecule has 0 heterocycles. The smallest absolute Gasteiger partial charge is 0.306 e. The standard InChI is InChI=1S/C19H17BrClFN2O4/c20-15-9-8-14(10-16(15)21)24-18(26)11-28-19(27)3-1-2-17(25)23-13-6-4-12(22)5-7-13/h4-10H,1-3,11H2,(H,23,25)(H,24,26). The first-order valence-corrected chi connectivity index (χ1v) is 9.46. The van der Waals surface area contributed by atoms with E-state index in [2.05, 4.69) is 26.6 Å². The number of carbonyl (C=O) groups is 3. The number of amides is 2. The fourth-order valence-electron chi connectivity index (χ4n) is 2.14. The van der Waals surface area contributed by atoms with Crippen molar-refractivity contribution in [3.8, 4) is 0 Å². The summed E-state index contributed by atoms with van der Waals surface area (Å²) in [5, 5.41) is 5.59. The van der Waals surface area contributed by atoms with Crippen LogP contribution >= 0.6 is 27.5 Å². The Morgan fingerprint density at radius 3 is 2.29 bits per heavy atom. The maximum Gasteiger partial charge on any atom is 0.306 e. The van der Waals surface area contributed by atoms with E-state index in [0.29, 0.717) is 20.9 Å². The van der Waals surface area contributed by atoms with Gasteiger partial charge in [-0.25, -0.2) is 4.39 Å². The molecular formula is C19H17BrClFN2O4. The third-order valence-corrected chi connectivity index (χ3v) is 4.71. The van der Waals surface area contributed by atoms with Crippen LogP contribution in [0.3, 0.4) is 0 Å². The topological polar surface area (TPSA) is 84.5 Å². The summed E-state index contributed by atoms with van der Waals surface area (Å²) in [5.74, 6) is -1.78. The molecule has 0 aliphatic rings. The fraction of sp³-hybridized carbons (Fsp3) is 0.211. The monoisotopic (exact) mass is 470 g/mol. The van der Waals surface area contributed by atoms with E-state index in [9.17, 15) is 18.8 Å². The van der Waals surface area contributed by atoms with Gasteiger partial charge in [0.2, 0.25) is 5.91 Å². The first-order chi connectivity index (χ1) is 13.3. The molecule has 0 saturated heterocycles. The molecule has 2 aromatic carbocycles. The number of halogens is 3. The Kier molecular flexibility index (Phi) is 8.41. The summed E-state index contributed by atoms with van der Waals surface area (Å²) in [5.41, 5.74) is 0.949. The minimum atomic E-state index is -0.585. The van der Waals surface area contributed by atoms with E-state index in [1.807, 2.05) is 0 Å². The molecule has 0 bridgehead atoms. The largest absolute Gasteiger partial charge is 0.456 e. The highest BCUT2D eigenvalue weighted by molar-refractivity contribution is 9.10. The highest BCUT2D eigenvalue weighted by Gasteiger charge is 2.10. The van der Waals surface area contributed by atoms with Crippen LogP contribution in [-0.2, 0) is 19.1 Å². The highest BCUT2D eigenvalue weighted by atomic mass is 79.9. The number of esters is 1. The van der Waals surface area contributed by atoms with E-state index in [1.54, 1.807) is 18.2 Å². The number of ether oxygens (including phenoxy) is 1. The first-order valence-electron chi connectivity index (χ1n) is 8.29. The van der Waals surface area contributed by atoms with Gasteiger partial charge in [-0.2, -0.15) is 0 Å². The molecule has 0 radical (unpaired) electrons. The summed E-state index contributed by atoms with van der Waals surface area (Å²) in [4.78, 5) is 35.2. The van der Waals surface area contributed by atoms with Gasteiger partial charge in [-0.3, -0.25) is 14.4 Å². The predicted molar refractivity (Wildman–Crippen MR) is 108 cm³/mol. The number of nitrogens with one attached hydrogen (secondary N) is 2. The third-order valence-electron chi connectivity index (χ3n) is 3.48. The van der Waals surface area contributed by atoms with Crippen LogP contribution in [0.15, 0.2) is 46.9 Å². The van der Waals surface area contributed by atoms with Crippen molar-refractivity contribution >= 4 is 56.7 Å². The second kappa shape index (κ2) is 10.8. The van der Waals surface area contributed by atoms with Crippen molar-refractivity contribution in [3.05, 3.63) is 57.8 Å². The third kappa shape index (κ3) is 7.66. The number of hydrogen-bond donors (Lipinski definition) is 2.